The molecule has 0 amide bonds. The van der Waals surface area contributed by atoms with E-state index < -0.39 is 11.7 Å². The number of hydrogen-bond acceptors (Lipinski definition) is 4. The zero-order valence-electron chi connectivity index (χ0n) is 11.0. The Labute approximate surface area is 119 Å². The molecule has 0 saturated heterocycles. The van der Waals surface area contributed by atoms with Gasteiger partial charge in [-0.2, -0.15) is 18.4 Å². The number of aryl methyl sites for hydroxylation is 1. The molecule has 21 heavy (non-hydrogen) atoms. The summed E-state index contributed by atoms with van der Waals surface area (Å²) in [6.45, 7) is 1.78. The molecule has 3 N–H and O–H groups in total. The number of nitrogens with two attached hydrogens (primary N) is 1. The first-order valence-electron chi connectivity index (χ1n) is 5.92. The molecule has 0 atom stereocenters. The summed E-state index contributed by atoms with van der Waals surface area (Å²) in [7, 11) is 0. The van der Waals surface area contributed by atoms with Gasteiger partial charge in [0.25, 0.3) is 0 Å². The van der Waals surface area contributed by atoms with Crippen LogP contribution in [0.3, 0.4) is 0 Å². The summed E-state index contributed by atoms with van der Waals surface area (Å²) in [6, 6.07) is 6.31. The predicted molar refractivity (Wildman–Crippen MR) is 72.8 cm³/mol. The van der Waals surface area contributed by atoms with E-state index >= 15 is 0 Å². The molecular weight excluding hydrogens is 281 g/mol. The molecule has 2 aromatic rings. The SMILES string of the molecule is Cc1ccnc(Nc2ccc(C(F)(F)F)cc2C#N)c1N. The Kier molecular flexibility index (Phi) is 3.72. The summed E-state index contributed by atoms with van der Waals surface area (Å²) >= 11 is 0. The first-order valence-corrected chi connectivity index (χ1v) is 5.92. The van der Waals surface area contributed by atoms with Gasteiger partial charge in [-0.3, -0.25) is 0 Å². The van der Waals surface area contributed by atoms with Gasteiger partial charge < -0.3 is 11.1 Å². The van der Waals surface area contributed by atoms with Crippen molar-refractivity contribution >= 4 is 17.2 Å². The predicted octanol–water partition coefficient (Wildman–Crippen LogP) is 3.61. The van der Waals surface area contributed by atoms with Crippen LogP contribution in [0.5, 0.6) is 0 Å². The topological polar surface area (TPSA) is 74.7 Å². The number of benzene rings is 1. The summed E-state index contributed by atoms with van der Waals surface area (Å²) in [5, 5.41) is 11.8. The third kappa shape index (κ3) is 3.05. The molecule has 0 radical (unpaired) electrons. The third-order valence-corrected chi connectivity index (χ3v) is 2.93. The summed E-state index contributed by atoms with van der Waals surface area (Å²) < 4.78 is 37.9. The van der Waals surface area contributed by atoms with E-state index in [9.17, 15) is 13.2 Å². The normalized spacial score (nSPS) is 11.0. The van der Waals surface area contributed by atoms with E-state index in [0.29, 0.717) is 11.5 Å². The zero-order chi connectivity index (χ0) is 15.6. The number of aromatic nitrogens is 1. The summed E-state index contributed by atoms with van der Waals surface area (Å²) in [5.41, 5.74) is 6.19. The van der Waals surface area contributed by atoms with Gasteiger partial charge in [0.05, 0.1) is 22.5 Å². The van der Waals surface area contributed by atoms with Crippen molar-refractivity contribution in [3.63, 3.8) is 0 Å². The fraction of sp³-hybridized carbons (Fsp3) is 0.143. The fourth-order valence-corrected chi connectivity index (χ4v) is 1.72. The number of halogens is 3. The van der Waals surface area contributed by atoms with Crippen molar-refractivity contribution in [2.75, 3.05) is 11.1 Å². The smallest absolute Gasteiger partial charge is 0.396 e. The molecule has 0 aliphatic heterocycles. The maximum atomic E-state index is 12.6. The van der Waals surface area contributed by atoms with E-state index in [-0.39, 0.29) is 11.3 Å². The van der Waals surface area contributed by atoms with Gasteiger partial charge in [0.2, 0.25) is 0 Å². The van der Waals surface area contributed by atoms with Crippen LogP contribution in [0.2, 0.25) is 0 Å². The van der Waals surface area contributed by atoms with Gasteiger partial charge in [0, 0.05) is 6.20 Å². The number of anilines is 3. The van der Waals surface area contributed by atoms with Crippen LogP contribution in [-0.4, -0.2) is 4.98 Å². The van der Waals surface area contributed by atoms with Crippen LogP contribution in [0, 0.1) is 18.3 Å². The lowest BCUT2D eigenvalue weighted by molar-refractivity contribution is -0.137. The highest BCUT2D eigenvalue weighted by molar-refractivity contribution is 5.74. The molecule has 1 aromatic carbocycles. The molecule has 0 saturated carbocycles. The molecule has 0 unspecified atom stereocenters. The maximum Gasteiger partial charge on any atom is 0.416 e. The average molecular weight is 292 g/mol. The van der Waals surface area contributed by atoms with Gasteiger partial charge in [-0.1, -0.05) is 0 Å². The van der Waals surface area contributed by atoms with Crippen molar-refractivity contribution in [2.45, 2.75) is 13.1 Å². The highest BCUT2D eigenvalue weighted by Gasteiger charge is 2.31. The summed E-state index contributed by atoms with van der Waals surface area (Å²) in [5.74, 6) is 0.297. The van der Waals surface area contributed by atoms with Crippen molar-refractivity contribution in [3.8, 4) is 6.07 Å². The number of alkyl halides is 3. The molecule has 0 fully saturated rings. The van der Waals surface area contributed by atoms with Crippen LogP contribution in [0.1, 0.15) is 16.7 Å². The highest BCUT2D eigenvalue weighted by Crippen LogP contribution is 2.33. The Morgan fingerprint density at radius 1 is 1.29 bits per heavy atom. The highest BCUT2D eigenvalue weighted by atomic mass is 19.4. The molecule has 0 aliphatic rings. The van der Waals surface area contributed by atoms with E-state index in [4.69, 9.17) is 11.0 Å². The number of pyridine rings is 1. The first kappa shape index (κ1) is 14.7. The lowest BCUT2D eigenvalue weighted by Gasteiger charge is -2.13. The quantitative estimate of drug-likeness (QED) is 0.886. The van der Waals surface area contributed by atoms with Crippen LogP contribution in [0.15, 0.2) is 30.5 Å². The largest absolute Gasteiger partial charge is 0.416 e. The second-order valence-corrected chi connectivity index (χ2v) is 4.39. The molecule has 4 nitrogen and oxygen atoms in total. The van der Waals surface area contributed by atoms with Gasteiger partial charge in [-0.25, -0.2) is 4.98 Å². The Hall–Kier alpha value is -2.75. The number of nitrogens with one attached hydrogen (secondary N) is 1. The minimum atomic E-state index is -4.50. The van der Waals surface area contributed by atoms with Crippen molar-refractivity contribution in [1.82, 2.24) is 4.98 Å². The van der Waals surface area contributed by atoms with E-state index in [1.165, 1.54) is 12.3 Å². The van der Waals surface area contributed by atoms with Crippen LogP contribution in [0.25, 0.3) is 0 Å². The molecule has 1 heterocycles. The Morgan fingerprint density at radius 3 is 2.62 bits per heavy atom. The van der Waals surface area contributed by atoms with Crippen molar-refractivity contribution < 1.29 is 13.2 Å². The van der Waals surface area contributed by atoms with Crippen LogP contribution >= 0.6 is 0 Å². The Morgan fingerprint density at radius 2 is 2.00 bits per heavy atom. The van der Waals surface area contributed by atoms with E-state index in [1.807, 2.05) is 0 Å². The summed E-state index contributed by atoms with van der Waals surface area (Å²) in [4.78, 5) is 4.01. The van der Waals surface area contributed by atoms with Crippen LogP contribution in [0.4, 0.5) is 30.4 Å². The molecule has 0 bridgehead atoms. The van der Waals surface area contributed by atoms with Crippen LogP contribution in [-0.2, 0) is 6.18 Å². The second kappa shape index (κ2) is 5.32. The zero-order valence-corrected chi connectivity index (χ0v) is 11.0. The lowest BCUT2D eigenvalue weighted by atomic mass is 10.1. The number of rotatable bonds is 2. The molecule has 0 aliphatic carbocycles. The van der Waals surface area contributed by atoms with E-state index in [2.05, 4.69) is 10.3 Å². The monoisotopic (exact) mass is 292 g/mol. The molecule has 1 aromatic heterocycles. The van der Waals surface area contributed by atoms with Gasteiger partial charge in [0.15, 0.2) is 5.82 Å². The average Bonchev–Trinajstić information content (AvgIpc) is 2.43. The lowest BCUT2D eigenvalue weighted by Crippen LogP contribution is -2.07. The van der Waals surface area contributed by atoms with Gasteiger partial charge in [-0.05, 0) is 36.8 Å². The number of hydrogen-bond donors (Lipinski definition) is 2. The van der Waals surface area contributed by atoms with Gasteiger partial charge >= 0.3 is 6.18 Å². The number of nitriles is 1. The summed E-state index contributed by atoms with van der Waals surface area (Å²) in [6.07, 6.45) is -2.98. The third-order valence-electron chi connectivity index (χ3n) is 2.93. The first-order chi connectivity index (χ1) is 9.82. The molecule has 2 rings (SSSR count). The Bertz CT molecular complexity index is 717. The van der Waals surface area contributed by atoms with Crippen LogP contribution < -0.4 is 11.1 Å². The number of nitrogens with zero attached hydrogens (tertiary/aromatic N) is 2. The molecular formula is C14H11F3N4. The van der Waals surface area contributed by atoms with E-state index in [0.717, 1.165) is 17.7 Å². The molecule has 7 heteroatoms. The molecule has 0 spiro atoms. The van der Waals surface area contributed by atoms with Crippen molar-refractivity contribution in [1.29, 1.82) is 5.26 Å². The minimum absolute atomic E-state index is 0.132. The maximum absolute atomic E-state index is 12.6. The fourth-order valence-electron chi connectivity index (χ4n) is 1.72. The second-order valence-electron chi connectivity index (χ2n) is 4.39. The minimum Gasteiger partial charge on any atom is -0.396 e. The van der Waals surface area contributed by atoms with Crippen molar-refractivity contribution in [3.05, 3.63) is 47.2 Å². The standard InChI is InChI=1S/C14H11F3N4/c1-8-4-5-20-13(12(8)19)21-11-3-2-10(14(15,16)17)6-9(11)7-18/h2-6H,19H2,1H3,(H,20,21). The number of nitrogen functional groups attached to an aromatic ring is 1. The molecule has 108 valence electrons. The van der Waals surface area contributed by atoms with Gasteiger partial charge in [-0.15, -0.1) is 0 Å². The van der Waals surface area contributed by atoms with Crippen molar-refractivity contribution in [2.24, 2.45) is 0 Å². The van der Waals surface area contributed by atoms with E-state index in [1.54, 1.807) is 19.1 Å². The van der Waals surface area contributed by atoms with Gasteiger partial charge in [0.1, 0.15) is 6.07 Å². The Balaban J connectivity index is 2.42.